The third-order valence-corrected chi connectivity index (χ3v) is 4.96. The predicted octanol–water partition coefficient (Wildman–Crippen LogP) is -1.10. The molecule has 0 fully saturated rings. The first-order valence-corrected chi connectivity index (χ1v) is 10.9. The second-order valence-corrected chi connectivity index (χ2v) is 7.89. The monoisotopic (exact) mass is 513 g/mol. The molecule has 0 saturated heterocycles. The van der Waals surface area contributed by atoms with E-state index in [-0.39, 0.29) is 39.4 Å². The highest BCUT2D eigenvalue weighted by atomic mass is 16.5. The molecule has 0 unspecified atom stereocenters. The molecule has 1 aromatic carbocycles. The zero-order valence-electron chi connectivity index (χ0n) is 19.6. The van der Waals surface area contributed by atoms with Crippen LogP contribution in [0.2, 0.25) is 0 Å². The SMILES string of the molecule is O=C(O)CN(CCN(CC(=O)O)CC(=O)O)CCN(CC(=O)O)[C@H](COCc1ccccc1)C(=O)O. The maximum absolute atomic E-state index is 11.9. The summed E-state index contributed by atoms with van der Waals surface area (Å²) in [5.41, 5.74) is 0.798. The van der Waals surface area contributed by atoms with Crippen molar-refractivity contribution < 1.29 is 54.2 Å². The Hall–Kier alpha value is -3.59. The van der Waals surface area contributed by atoms with Gasteiger partial charge >= 0.3 is 29.8 Å². The minimum absolute atomic E-state index is 0.0456. The maximum atomic E-state index is 11.9. The number of rotatable bonds is 20. The Morgan fingerprint density at radius 1 is 0.667 bits per heavy atom. The molecule has 1 atom stereocenters. The van der Waals surface area contributed by atoms with Crippen LogP contribution in [0.5, 0.6) is 0 Å². The van der Waals surface area contributed by atoms with Crippen molar-refractivity contribution in [2.75, 3.05) is 59.0 Å². The van der Waals surface area contributed by atoms with Crippen LogP contribution in [0.4, 0.5) is 0 Å². The lowest BCUT2D eigenvalue weighted by Gasteiger charge is -2.30. The molecule has 200 valence electrons. The summed E-state index contributed by atoms with van der Waals surface area (Å²) in [7, 11) is 0. The van der Waals surface area contributed by atoms with Gasteiger partial charge in [-0.05, 0) is 5.56 Å². The van der Waals surface area contributed by atoms with E-state index in [9.17, 15) is 39.3 Å². The Morgan fingerprint density at radius 3 is 1.64 bits per heavy atom. The summed E-state index contributed by atoms with van der Waals surface area (Å²) in [6.45, 7) is -2.85. The first-order chi connectivity index (χ1) is 17.0. The Kier molecular flexibility index (Phi) is 13.7. The van der Waals surface area contributed by atoms with E-state index in [1.807, 2.05) is 6.07 Å². The quantitative estimate of drug-likeness (QED) is 0.140. The largest absolute Gasteiger partial charge is 0.480 e. The molecule has 0 aliphatic heterocycles. The normalized spacial score (nSPS) is 12.1. The van der Waals surface area contributed by atoms with Crippen LogP contribution < -0.4 is 0 Å². The van der Waals surface area contributed by atoms with Crippen LogP contribution in [0.3, 0.4) is 0 Å². The fourth-order valence-corrected chi connectivity index (χ4v) is 3.32. The lowest BCUT2D eigenvalue weighted by Crippen LogP contribution is -2.50. The summed E-state index contributed by atoms with van der Waals surface area (Å²) in [5.74, 6) is -6.34. The number of carboxylic acids is 5. The Bertz CT molecular complexity index is 865. The van der Waals surface area contributed by atoms with E-state index in [1.165, 1.54) is 4.90 Å². The highest BCUT2D eigenvalue weighted by Gasteiger charge is 2.28. The molecule has 14 nitrogen and oxygen atoms in total. The van der Waals surface area contributed by atoms with Crippen molar-refractivity contribution >= 4 is 29.8 Å². The average molecular weight is 514 g/mol. The van der Waals surface area contributed by atoms with Crippen LogP contribution in [-0.2, 0) is 35.3 Å². The molecular weight excluding hydrogens is 482 g/mol. The van der Waals surface area contributed by atoms with Gasteiger partial charge in [0.25, 0.3) is 0 Å². The van der Waals surface area contributed by atoms with Gasteiger partial charge in [0.1, 0.15) is 6.04 Å². The van der Waals surface area contributed by atoms with E-state index in [4.69, 9.17) is 14.9 Å². The molecule has 1 rings (SSSR count). The fraction of sp³-hybridized carbons (Fsp3) is 0.500. The van der Waals surface area contributed by atoms with Gasteiger partial charge in [0, 0.05) is 26.2 Å². The Labute approximate surface area is 206 Å². The minimum atomic E-state index is -1.33. The highest BCUT2D eigenvalue weighted by molar-refractivity contribution is 5.76. The summed E-state index contributed by atoms with van der Waals surface area (Å²) in [6, 6.07) is 7.62. The van der Waals surface area contributed by atoms with E-state index < -0.39 is 62.1 Å². The zero-order chi connectivity index (χ0) is 27.1. The molecule has 0 aromatic heterocycles. The summed E-state index contributed by atoms with van der Waals surface area (Å²) in [6.07, 6.45) is 0. The molecule has 0 radical (unpaired) electrons. The van der Waals surface area contributed by atoms with Crippen LogP contribution in [0.25, 0.3) is 0 Å². The van der Waals surface area contributed by atoms with Crippen LogP contribution >= 0.6 is 0 Å². The second kappa shape index (κ2) is 16.1. The van der Waals surface area contributed by atoms with Gasteiger partial charge in [-0.15, -0.1) is 0 Å². The Morgan fingerprint density at radius 2 is 1.14 bits per heavy atom. The first-order valence-electron chi connectivity index (χ1n) is 10.9. The van der Waals surface area contributed by atoms with Crippen molar-refractivity contribution in [3.63, 3.8) is 0 Å². The number of hydrogen-bond acceptors (Lipinski definition) is 9. The van der Waals surface area contributed by atoms with Crippen LogP contribution in [0.15, 0.2) is 30.3 Å². The van der Waals surface area contributed by atoms with Crippen LogP contribution in [0.1, 0.15) is 5.56 Å². The third kappa shape index (κ3) is 13.3. The molecular formula is C22H31N3O11. The van der Waals surface area contributed by atoms with E-state index in [2.05, 4.69) is 0 Å². The molecule has 0 heterocycles. The van der Waals surface area contributed by atoms with Crippen molar-refractivity contribution in [1.29, 1.82) is 0 Å². The van der Waals surface area contributed by atoms with Gasteiger partial charge in [0.2, 0.25) is 0 Å². The van der Waals surface area contributed by atoms with Crippen LogP contribution in [0, 0.1) is 0 Å². The average Bonchev–Trinajstić information content (AvgIpc) is 2.76. The lowest BCUT2D eigenvalue weighted by atomic mass is 10.2. The molecule has 0 spiro atoms. The number of aliphatic carboxylic acids is 5. The smallest absolute Gasteiger partial charge is 0.323 e. The molecule has 0 bridgehead atoms. The predicted molar refractivity (Wildman–Crippen MR) is 123 cm³/mol. The minimum Gasteiger partial charge on any atom is -0.480 e. The molecule has 14 heteroatoms. The number of benzene rings is 1. The van der Waals surface area contributed by atoms with Gasteiger partial charge in [0.15, 0.2) is 0 Å². The van der Waals surface area contributed by atoms with Gasteiger partial charge in [-0.25, -0.2) is 0 Å². The van der Waals surface area contributed by atoms with E-state index >= 15 is 0 Å². The highest BCUT2D eigenvalue weighted by Crippen LogP contribution is 2.07. The third-order valence-electron chi connectivity index (χ3n) is 4.96. The lowest BCUT2D eigenvalue weighted by molar-refractivity contribution is -0.149. The molecule has 5 N–H and O–H groups in total. The van der Waals surface area contributed by atoms with Crippen molar-refractivity contribution in [1.82, 2.24) is 14.7 Å². The number of carboxylic acid groups (broad SMARTS) is 5. The molecule has 36 heavy (non-hydrogen) atoms. The summed E-state index contributed by atoms with van der Waals surface area (Å²) in [5, 5.41) is 46.1. The molecule has 0 amide bonds. The van der Waals surface area contributed by atoms with E-state index in [1.54, 1.807) is 24.3 Å². The molecule has 1 aromatic rings. The first kappa shape index (κ1) is 30.4. The van der Waals surface area contributed by atoms with E-state index in [0.717, 1.165) is 15.4 Å². The van der Waals surface area contributed by atoms with Crippen molar-refractivity contribution in [2.45, 2.75) is 12.6 Å². The molecule has 0 saturated carbocycles. The standard InChI is InChI=1S/C22H31N3O11/c26-18(27)10-23(6-7-24(11-19(28)29)12-20(30)31)8-9-25(13-21(32)33)17(22(34)35)15-36-14-16-4-2-1-3-5-16/h1-5,17H,6-15H2,(H,26,27)(H,28,29)(H,30,31)(H,32,33)(H,34,35)/t17-/m1/s1. The zero-order valence-corrected chi connectivity index (χ0v) is 19.6. The van der Waals surface area contributed by atoms with Gasteiger partial charge < -0.3 is 30.3 Å². The second-order valence-electron chi connectivity index (χ2n) is 7.89. The number of ether oxygens (including phenoxy) is 1. The van der Waals surface area contributed by atoms with Crippen LogP contribution in [-0.4, -0.2) is 135 Å². The Balaban J connectivity index is 2.85. The summed E-state index contributed by atoms with van der Waals surface area (Å²) < 4.78 is 5.49. The summed E-state index contributed by atoms with van der Waals surface area (Å²) >= 11 is 0. The number of nitrogens with zero attached hydrogens (tertiary/aromatic N) is 3. The fourth-order valence-electron chi connectivity index (χ4n) is 3.32. The number of carbonyl (C=O) groups is 5. The van der Waals surface area contributed by atoms with Gasteiger partial charge in [-0.2, -0.15) is 0 Å². The van der Waals surface area contributed by atoms with Crippen molar-refractivity contribution in [3.8, 4) is 0 Å². The topological polar surface area (TPSA) is 205 Å². The molecule has 0 aliphatic carbocycles. The van der Waals surface area contributed by atoms with Crippen molar-refractivity contribution in [3.05, 3.63) is 35.9 Å². The van der Waals surface area contributed by atoms with Gasteiger partial charge in [-0.1, -0.05) is 30.3 Å². The van der Waals surface area contributed by atoms with Gasteiger partial charge in [0.05, 0.1) is 39.4 Å². The van der Waals surface area contributed by atoms with Gasteiger partial charge in [-0.3, -0.25) is 38.7 Å². The maximum Gasteiger partial charge on any atom is 0.323 e. The summed E-state index contributed by atoms with van der Waals surface area (Å²) in [4.78, 5) is 60.1. The van der Waals surface area contributed by atoms with Crippen molar-refractivity contribution in [2.24, 2.45) is 0 Å². The molecule has 0 aliphatic rings. The van der Waals surface area contributed by atoms with E-state index in [0.29, 0.717) is 0 Å². The number of hydrogen-bond donors (Lipinski definition) is 5.